The first-order chi connectivity index (χ1) is 12.9. The van der Waals surface area contributed by atoms with Crippen molar-refractivity contribution < 1.29 is 28.7 Å². The smallest absolute Gasteiger partial charge is 0.410 e. The molecule has 9 nitrogen and oxygen atoms in total. The van der Waals surface area contributed by atoms with Crippen molar-refractivity contribution in [3.63, 3.8) is 0 Å². The van der Waals surface area contributed by atoms with Crippen molar-refractivity contribution in [3.8, 4) is 0 Å². The molecule has 2 aliphatic heterocycles. The third-order valence-electron chi connectivity index (χ3n) is 4.66. The minimum atomic E-state index is -1.28. The fraction of sp³-hybridized carbons (Fsp3) is 0.500. The second kappa shape index (κ2) is 7.79. The lowest BCUT2D eigenvalue weighted by Crippen LogP contribution is -2.51. The highest BCUT2D eigenvalue weighted by atomic mass is 32.2. The lowest BCUT2D eigenvalue weighted by Gasteiger charge is -2.46. The molecule has 0 aliphatic carbocycles. The maximum Gasteiger partial charge on any atom is 0.410 e. The van der Waals surface area contributed by atoms with Gasteiger partial charge in [0, 0.05) is 42.9 Å². The van der Waals surface area contributed by atoms with E-state index in [1.54, 1.807) is 0 Å². The number of methoxy groups -OCH3 is 1. The van der Waals surface area contributed by atoms with Gasteiger partial charge in [0.1, 0.15) is 5.82 Å². The molecule has 1 aromatic carbocycles. The molecule has 2 aliphatic rings. The predicted molar refractivity (Wildman–Crippen MR) is 95.5 cm³/mol. The molecular weight excluding hydrogens is 381 g/mol. The molecule has 1 saturated heterocycles. The van der Waals surface area contributed by atoms with Crippen molar-refractivity contribution in [2.24, 2.45) is 10.9 Å². The monoisotopic (exact) mass is 399 g/mol. The predicted octanol–water partition coefficient (Wildman–Crippen LogP) is 2.35. The number of carbonyl (C=O) groups is 1. The topological polar surface area (TPSA) is 123 Å². The van der Waals surface area contributed by atoms with Gasteiger partial charge >= 0.3 is 6.09 Å². The highest BCUT2D eigenvalue weighted by molar-refractivity contribution is 8.13. The van der Waals surface area contributed by atoms with Gasteiger partial charge in [-0.15, -0.1) is 0 Å². The van der Waals surface area contributed by atoms with Gasteiger partial charge < -0.3 is 14.6 Å². The Bertz CT molecular complexity index is 791. The quantitative estimate of drug-likeness (QED) is 0.588. The fourth-order valence-corrected chi connectivity index (χ4v) is 4.59. The number of non-ortho nitro benzene ring substituents is 1. The first kappa shape index (κ1) is 19.5. The molecule has 1 aromatic rings. The molecule has 3 atom stereocenters. The van der Waals surface area contributed by atoms with E-state index < -0.39 is 28.5 Å². The molecule has 0 aromatic heterocycles. The van der Waals surface area contributed by atoms with Crippen molar-refractivity contribution in [2.75, 3.05) is 26.1 Å². The first-order valence-electron chi connectivity index (χ1n) is 8.13. The van der Waals surface area contributed by atoms with Gasteiger partial charge in [0.05, 0.1) is 29.8 Å². The van der Waals surface area contributed by atoms with Crippen molar-refractivity contribution in [1.82, 2.24) is 5.32 Å². The van der Waals surface area contributed by atoms with Crippen LogP contribution >= 0.6 is 11.8 Å². The van der Waals surface area contributed by atoms with Crippen LogP contribution in [0.25, 0.3) is 0 Å². The summed E-state index contributed by atoms with van der Waals surface area (Å²) in [4.78, 5) is 26.2. The van der Waals surface area contributed by atoms with Crippen LogP contribution in [0.4, 0.5) is 14.9 Å². The van der Waals surface area contributed by atoms with Gasteiger partial charge in [-0.2, -0.15) is 0 Å². The van der Waals surface area contributed by atoms with Gasteiger partial charge in [-0.05, 0) is 6.07 Å². The van der Waals surface area contributed by atoms with Crippen LogP contribution in [0, 0.1) is 21.8 Å². The summed E-state index contributed by atoms with van der Waals surface area (Å²) in [7, 11) is 1.51. The average molecular weight is 399 g/mol. The number of halogens is 1. The summed E-state index contributed by atoms with van der Waals surface area (Å²) < 4.78 is 25.7. The molecule has 0 saturated carbocycles. The van der Waals surface area contributed by atoms with Gasteiger partial charge in [0.2, 0.25) is 0 Å². The van der Waals surface area contributed by atoms with Crippen LogP contribution < -0.4 is 5.32 Å². The summed E-state index contributed by atoms with van der Waals surface area (Å²) in [6.07, 6.45) is -1.47. The number of benzene rings is 1. The maximum atomic E-state index is 14.8. The molecule has 0 radical (unpaired) electrons. The molecular formula is C16H18FN3O6S. The third-order valence-corrected chi connectivity index (χ3v) is 5.70. The lowest BCUT2D eigenvalue weighted by atomic mass is 9.73. The standard InChI is InChI=1S/C16H18FN3O6S/c1-25-7-11-5-16(12-4-10(20(23)24)2-3-13(12)17)9(6-26-11)8-27-14(19-16)18-15(21)22/h2-4,9,11H,5-8H2,1H3,(H,18,19)(H,21,22)/t9-,11+,16-/m0/s1. The zero-order chi connectivity index (χ0) is 19.6. The zero-order valence-corrected chi connectivity index (χ0v) is 15.2. The number of thioether (sulfide) groups is 1. The number of hydrogen-bond acceptors (Lipinski definition) is 7. The van der Waals surface area contributed by atoms with Crippen LogP contribution in [0.1, 0.15) is 12.0 Å². The van der Waals surface area contributed by atoms with Crippen LogP contribution in [-0.4, -0.2) is 53.5 Å². The Labute approximate surface area is 158 Å². The number of aliphatic imine (C=N–C) groups is 1. The lowest BCUT2D eigenvalue weighted by molar-refractivity contribution is -0.385. The molecule has 0 unspecified atom stereocenters. The molecule has 3 rings (SSSR count). The third kappa shape index (κ3) is 3.89. The van der Waals surface area contributed by atoms with E-state index in [1.807, 2.05) is 0 Å². The maximum absolute atomic E-state index is 14.8. The van der Waals surface area contributed by atoms with Crippen molar-refractivity contribution in [1.29, 1.82) is 0 Å². The zero-order valence-electron chi connectivity index (χ0n) is 14.4. The fourth-order valence-electron chi connectivity index (χ4n) is 3.48. The number of nitrogens with one attached hydrogen (secondary N) is 1. The summed E-state index contributed by atoms with van der Waals surface area (Å²) >= 11 is 1.19. The van der Waals surface area contributed by atoms with Crippen molar-refractivity contribution >= 4 is 28.7 Å². The number of nitro groups is 1. The summed E-state index contributed by atoms with van der Waals surface area (Å²) in [5.74, 6) is -0.471. The van der Waals surface area contributed by atoms with Crippen molar-refractivity contribution in [3.05, 3.63) is 39.7 Å². The van der Waals surface area contributed by atoms with Crippen LogP contribution in [-0.2, 0) is 15.0 Å². The Balaban J connectivity index is 2.14. The van der Waals surface area contributed by atoms with E-state index in [1.165, 1.54) is 24.9 Å². The first-order valence-corrected chi connectivity index (χ1v) is 9.12. The molecule has 1 fully saturated rings. The summed E-state index contributed by atoms with van der Waals surface area (Å²) in [6.45, 7) is 0.502. The Morgan fingerprint density at radius 1 is 1.63 bits per heavy atom. The number of amides is 1. The molecule has 11 heteroatoms. The number of ether oxygens (including phenoxy) is 2. The van der Waals surface area contributed by atoms with E-state index in [-0.39, 0.29) is 42.0 Å². The molecule has 27 heavy (non-hydrogen) atoms. The summed E-state index contributed by atoms with van der Waals surface area (Å²) in [6, 6.07) is 3.31. The highest BCUT2D eigenvalue weighted by Gasteiger charge is 2.50. The molecule has 0 bridgehead atoms. The van der Waals surface area contributed by atoms with Gasteiger partial charge in [0.15, 0.2) is 5.17 Å². The molecule has 146 valence electrons. The Morgan fingerprint density at radius 3 is 3.07 bits per heavy atom. The van der Waals surface area contributed by atoms with Gasteiger partial charge in [-0.25, -0.2) is 9.18 Å². The van der Waals surface area contributed by atoms with Gasteiger partial charge in [-0.1, -0.05) is 11.8 Å². The summed E-state index contributed by atoms with van der Waals surface area (Å²) in [5.41, 5.74) is -1.37. The molecule has 2 N–H and O–H groups in total. The minimum absolute atomic E-state index is 0.0658. The number of rotatable bonds is 4. The van der Waals surface area contributed by atoms with E-state index in [2.05, 4.69) is 10.3 Å². The van der Waals surface area contributed by atoms with E-state index in [0.29, 0.717) is 5.75 Å². The van der Waals surface area contributed by atoms with Crippen LogP contribution in [0.3, 0.4) is 0 Å². The second-order valence-corrected chi connectivity index (χ2v) is 7.32. The van der Waals surface area contributed by atoms with E-state index in [4.69, 9.17) is 14.6 Å². The second-order valence-electron chi connectivity index (χ2n) is 6.32. The van der Waals surface area contributed by atoms with E-state index >= 15 is 0 Å². The number of hydrogen-bond donors (Lipinski definition) is 2. The van der Waals surface area contributed by atoms with E-state index in [9.17, 15) is 19.3 Å². The summed E-state index contributed by atoms with van der Waals surface area (Å²) in [5, 5.41) is 22.5. The molecule has 2 heterocycles. The normalized spacial score (nSPS) is 27.4. The van der Waals surface area contributed by atoms with Crippen LogP contribution in [0.15, 0.2) is 23.2 Å². The number of amidine groups is 1. The van der Waals surface area contributed by atoms with Crippen molar-refractivity contribution in [2.45, 2.75) is 18.1 Å². The average Bonchev–Trinajstić information content (AvgIpc) is 2.61. The minimum Gasteiger partial charge on any atom is -0.465 e. The number of nitro benzene ring substituents is 1. The Kier molecular flexibility index (Phi) is 5.63. The number of carboxylic acid groups (broad SMARTS) is 1. The van der Waals surface area contributed by atoms with Crippen LogP contribution in [0.2, 0.25) is 0 Å². The Morgan fingerprint density at radius 2 is 2.41 bits per heavy atom. The van der Waals surface area contributed by atoms with Crippen LogP contribution in [0.5, 0.6) is 0 Å². The highest BCUT2D eigenvalue weighted by Crippen LogP contribution is 2.48. The molecule has 1 amide bonds. The SMILES string of the molecule is COC[C@H]1C[C@]2(c3cc([N+](=O)[O-])ccc3F)N=C(NC(=O)O)SC[C@@H]2CO1. The largest absolute Gasteiger partial charge is 0.465 e. The van der Waals surface area contributed by atoms with Gasteiger partial charge in [0.25, 0.3) is 5.69 Å². The van der Waals surface area contributed by atoms with Gasteiger partial charge in [-0.3, -0.25) is 20.4 Å². The Hall–Kier alpha value is -2.24. The number of fused-ring (bicyclic) bond motifs is 1. The van der Waals surface area contributed by atoms with E-state index in [0.717, 1.165) is 12.1 Å². The number of nitrogens with zero attached hydrogens (tertiary/aromatic N) is 2. The molecule has 0 spiro atoms.